The van der Waals surface area contributed by atoms with Gasteiger partial charge >= 0.3 is 0 Å². The van der Waals surface area contributed by atoms with Crippen LogP contribution < -0.4 is 9.47 Å². The van der Waals surface area contributed by atoms with Crippen molar-refractivity contribution in [3.63, 3.8) is 0 Å². The topological polar surface area (TPSA) is 60.8 Å². The Hall–Kier alpha value is -3.19. The molecule has 0 unspecified atom stereocenters. The number of hydrogen-bond acceptors (Lipinski definition) is 5. The average molecular weight is 451 g/mol. The summed E-state index contributed by atoms with van der Waals surface area (Å²) in [6.07, 6.45) is 4.68. The lowest BCUT2D eigenvalue weighted by Gasteiger charge is -2.16. The molecule has 1 aromatic heterocycles. The summed E-state index contributed by atoms with van der Waals surface area (Å²) in [4.78, 5) is 26.7. The van der Waals surface area contributed by atoms with Crippen LogP contribution in [0.1, 0.15) is 25.8 Å². The fourth-order valence-corrected chi connectivity index (χ4v) is 4.75. The van der Waals surface area contributed by atoms with Gasteiger partial charge in [0.05, 0.1) is 18.6 Å². The molecule has 4 rings (SSSR count). The molecule has 1 aliphatic rings. The molecule has 1 saturated heterocycles. The summed E-state index contributed by atoms with van der Waals surface area (Å²) in [6, 6.07) is 15.5. The van der Waals surface area contributed by atoms with E-state index in [1.807, 2.05) is 68.6 Å². The van der Waals surface area contributed by atoms with Crippen LogP contribution in [-0.4, -0.2) is 40.4 Å². The van der Waals surface area contributed by atoms with Crippen molar-refractivity contribution in [3.8, 4) is 11.5 Å². The van der Waals surface area contributed by atoms with Gasteiger partial charge in [-0.1, -0.05) is 30.3 Å². The highest BCUT2D eigenvalue weighted by atomic mass is 32.2. The Labute approximate surface area is 191 Å². The van der Waals surface area contributed by atoms with Crippen molar-refractivity contribution in [2.24, 2.45) is 0 Å². The molecule has 166 valence electrons. The van der Waals surface area contributed by atoms with Crippen LogP contribution >= 0.6 is 11.8 Å². The largest absolute Gasteiger partial charge is 0.493 e. The van der Waals surface area contributed by atoms with Crippen LogP contribution in [0.2, 0.25) is 0 Å². The number of imide groups is 1. The second-order valence-electron chi connectivity index (χ2n) is 7.79. The third-order valence-electron chi connectivity index (χ3n) is 5.32. The first-order valence-corrected chi connectivity index (χ1v) is 11.4. The van der Waals surface area contributed by atoms with Crippen molar-refractivity contribution in [3.05, 3.63) is 65.2 Å². The number of hydrogen-bond donors (Lipinski definition) is 0. The number of amides is 2. The van der Waals surface area contributed by atoms with Crippen LogP contribution in [0.4, 0.5) is 4.79 Å². The van der Waals surface area contributed by atoms with E-state index in [4.69, 9.17) is 9.47 Å². The van der Waals surface area contributed by atoms with Crippen LogP contribution in [0, 0.1) is 0 Å². The molecule has 0 radical (unpaired) electrons. The lowest BCUT2D eigenvalue weighted by Crippen LogP contribution is -2.34. The van der Waals surface area contributed by atoms with Gasteiger partial charge < -0.3 is 14.0 Å². The highest BCUT2D eigenvalue weighted by molar-refractivity contribution is 8.18. The molecule has 0 bridgehead atoms. The molecule has 32 heavy (non-hydrogen) atoms. The summed E-state index contributed by atoms with van der Waals surface area (Å²) in [5.74, 6) is 1.22. The monoisotopic (exact) mass is 450 g/mol. The van der Waals surface area contributed by atoms with Crippen molar-refractivity contribution in [2.75, 3.05) is 13.7 Å². The van der Waals surface area contributed by atoms with Gasteiger partial charge in [-0.3, -0.25) is 14.5 Å². The van der Waals surface area contributed by atoms with Crippen LogP contribution in [-0.2, 0) is 11.3 Å². The maximum absolute atomic E-state index is 12.7. The molecule has 2 amide bonds. The molecule has 1 fully saturated rings. The van der Waals surface area contributed by atoms with Gasteiger partial charge in [-0.05, 0) is 56.3 Å². The van der Waals surface area contributed by atoms with Gasteiger partial charge in [0.1, 0.15) is 0 Å². The van der Waals surface area contributed by atoms with Gasteiger partial charge in [0.2, 0.25) is 0 Å². The minimum Gasteiger partial charge on any atom is -0.493 e. The van der Waals surface area contributed by atoms with E-state index in [-0.39, 0.29) is 17.2 Å². The third kappa shape index (κ3) is 4.39. The molecule has 2 heterocycles. The molecule has 7 heteroatoms. The number of aromatic nitrogens is 1. The Bertz CT molecular complexity index is 1180. The van der Waals surface area contributed by atoms with Crippen molar-refractivity contribution in [1.29, 1.82) is 0 Å². The van der Waals surface area contributed by atoms with E-state index in [9.17, 15) is 9.59 Å². The van der Waals surface area contributed by atoms with Gasteiger partial charge in [0.15, 0.2) is 11.5 Å². The highest BCUT2D eigenvalue weighted by Gasteiger charge is 2.36. The predicted molar refractivity (Wildman–Crippen MR) is 128 cm³/mol. The van der Waals surface area contributed by atoms with Crippen LogP contribution in [0.5, 0.6) is 11.5 Å². The predicted octanol–water partition coefficient (Wildman–Crippen LogP) is 5.56. The number of rotatable bonds is 8. The number of fused-ring (bicyclic) bond motifs is 1. The summed E-state index contributed by atoms with van der Waals surface area (Å²) in [7, 11) is 1.63. The summed E-state index contributed by atoms with van der Waals surface area (Å²) in [5.41, 5.74) is 2.01. The number of para-hydroxylation sites is 3. The van der Waals surface area contributed by atoms with Gasteiger partial charge in [0, 0.05) is 35.2 Å². The van der Waals surface area contributed by atoms with E-state index in [0.717, 1.165) is 52.7 Å². The second-order valence-corrected chi connectivity index (χ2v) is 8.79. The third-order valence-corrected chi connectivity index (χ3v) is 6.20. The lowest BCUT2D eigenvalue weighted by atomic mass is 10.1. The summed E-state index contributed by atoms with van der Waals surface area (Å²) in [6.45, 7) is 5.00. The maximum atomic E-state index is 12.7. The van der Waals surface area contributed by atoms with E-state index >= 15 is 0 Å². The lowest BCUT2D eigenvalue weighted by molar-refractivity contribution is -0.123. The number of carbonyl (C=O) groups excluding carboxylic acids is 2. The second kappa shape index (κ2) is 9.53. The van der Waals surface area contributed by atoms with Crippen LogP contribution in [0.3, 0.4) is 0 Å². The van der Waals surface area contributed by atoms with Crippen LogP contribution in [0.25, 0.3) is 17.0 Å². The quantitative estimate of drug-likeness (QED) is 0.332. The first-order valence-electron chi connectivity index (χ1n) is 10.6. The fourth-order valence-electron chi connectivity index (χ4n) is 3.80. The van der Waals surface area contributed by atoms with Crippen molar-refractivity contribution in [1.82, 2.24) is 9.47 Å². The molecule has 6 nitrogen and oxygen atoms in total. The first-order chi connectivity index (χ1) is 15.5. The molecular formula is C25H26N2O4S. The van der Waals surface area contributed by atoms with Crippen molar-refractivity contribution < 1.29 is 19.1 Å². The molecule has 0 atom stereocenters. The molecule has 0 aliphatic carbocycles. The normalized spacial score (nSPS) is 15.4. The van der Waals surface area contributed by atoms with Crippen molar-refractivity contribution >= 4 is 39.9 Å². The number of benzene rings is 2. The molecule has 0 saturated carbocycles. The van der Waals surface area contributed by atoms with Gasteiger partial charge in [-0.15, -0.1) is 0 Å². The Kier molecular flexibility index (Phi) is 6.55. The van der Waals surface area contributed by atoms with E-state index in [2.05, 4.69) is 10.6 Å². The number of nitrogens with zero attached hydrogens (tertiary/aromatic N) is 2. The highest BCUT2D eigenvalue weighted by Crippen LogP contribution is 2.35. The number of methoxy groups -OCH3 is 1. The molecule has 0 N–H and O–H groups in total. The number of aryl methyl sites for hydroxylation is 1. The Balaban J connectivity index is 1.51. The summed E-state index contributed by atoms with van der Waals surface area (Å²) >= 11 is 1.00. The number of thioether (sulfide) groups is 1. The summed E-state index contributed by atoms with van der Waals surface area (Å²) < 4.78 is 13.4. The van der Waals surface area contributed by atoms with E-state index in [1.54, 1.807) is 7.11 Å². The van der Waals surface area contributed by atoms with Crippen LogP contribution in [0.15, 0.2) is 59.6 Å². The maximum Gasteiger partial charge on any atom is 0.293 e. The zero-order chi connectivity index (χ0) is 22.7. The number of carbonyl (C=O) groups is 2. The standard InChI is InChI=1S/C25H26N2O4S/c1-17(2)27-24(28)23(32-25(27)29)15-18-16-26(20-10-5-4-9-19(18)20)13-8-14-31-22-12-7-6-11-21(22)30-3/h4-7,9-12,15-17H,8,13-14H2,1-3H3/b23-15-. The van der Waals surface area contributed by atoms with Gasteiger partial charge in [-0.25, -0.2) is 0 Å². The Morgan fingerprint density at radius 2 is 1.75 bits per heavy atom. The van der Waals surface area contributed by atoms with E-state index in [0.29, 0.717) is 11.5 Å². The summed E-state index contributed by atoms with van der Waals surface area (Å²) in [5, 5.41) is 0.836. The van der Waals surface area contributed by atoms with E-state index in [1.165, 1.54) is 4.90 Å². The molecule has 3 aromatic rings. The smallest absolute Gasteiger partial charge is 0.293 e. The zero-order valence-corrected chi connectivity index (χ0v) is 19.2. The average Bonchev–Trinajstić information content (AvgIpc) is 3.28. The minimum atomic E-state index is -0.225. The first kappa shape index (κ1) is 22.0. The van der Waals surface area contributed by atoms with Gasteiger partial charge in [0.25, 0.3) is 11.1 Å². The molecule has 1 aliphatic heterocycles. The van der Waals surface area contributed by atoms with Crippen molar-refractivity contribution in [2.45, 2.75) is 32.9 Å². The fraction of sp³-hybridized carbons (Fsp3) is 0.280. The van der Waals surface area contributed by atoms with Gasteiger partial charge in [-0.2, -0.15) is 0 Å². The molecule has 0 spiro atoms. The Morgan fingerprint density at radius 1 is 1.03 bits per heavy atom. The van der Waals surface area contributed by atoms with E-state index < -0.39 is 0 Å². The minimum absolute atomic E-state index is 0.155. The molecular weight excluding hydrogens is 424 g/mol. The Morgan fingerprint density at radius 3 is 2.47 bits per heavy atom. The molecule has 2 aromatic carbocycles. The number of ether oxygens (including phenoxy) is 2. The zero-order valence-electron chi connectivity index (χ0n) is 18.4. The SMILES string of the molecule is COc1ccccc1OCCCn1cc(/C=C2\SC(=O)N(C(C)C)C2=O)c2ccccc21.